The fourth-order valence-corrected chi connectivity index (χ4v) is 2.18. The van der Waals surface area contributed by atoms with E-state index in [1.54, 1.807) is 21.0 Å². The van der Waals surface area contributed by atoms with Crippen LogP contribution in [0.1, 0.15) is 59.3 Å². The summed E-state index contributed by atoms with van der Waals surface area (Å²) in [5.74, 6) is -0.0434. The van der Waals surface area contributed by atoms with E-state index in [1.807, 2.05) is 7.05 Å². The smallest absolute Gasteiger partial charge is 0.305 e. The zero-order valence-corrected chi connectivity index (χ0v) is 17.4. The second-order valence-corrected chi connectivity index (χ2v) is 6.31. The first-order valence-electron chi connectivity index (χ1n) is 9.49. The lowest BCUT2D eigenvalue weighted by molar-refractivity contribution is -0.145. The first-order chi connectivity index (χ1) is 12.3. The van der Waals surface area contributed by atoms with Crippen LogP contribution in [0.15, 0.2) is 0 Å². The number of likely N-dealkylation sites (N-methyl/N-ethyl adjacent to an activating group) is 3. The van der Waals surface area contributed by atoms with Gasteiger partial charge in [0.05, 0.1) is 6.04 Å². The molecule has 0 bridgehead atoms. The van der Waals surface area contributed by atoms with Gasteiger partial charge in [-0.25, -0.2) is 0 Å². The molecule has 2 atom stereocenters. The molecule has 0 aromatic heterocycles. The van der Waals surface area contributed by atoms with E-state index in [9.17, 15) is 14.4 Å². The Morgan fingerprint density at radius 1 is 0.846 bits per heavy atom. The molecular weight excluding hydrogens is 334 g/mol. The number of ether oxygens (including phenoxy) is 1. The molecule has 0 spiro atoms. The molecule has 0 aromatic rings. The summed E-state index contributed by atoms with van der Waals surface area (Å²) in [4.78, 5) is 33.1. The maximum absolute atomic E-state index is 11.4. The maximum atomic E-state index is 11.4. The standard InChI is InChI=1S/C13H25NO3.C6H14N2O/c1-4-5-6-7-8-9-13(16)17-10-12(14-3)11(2)15;1-5(9)6(8-3)4-7-2/h12,14H,4-10H2,1-3H3;6-8H,4H2,1-3H3. The van der Waals surface area contributed by atoms with Gasteiger partial charge in [-0.1, -0.05) is 32.6 Å². The van der Waals surface area contributed by atoms with Gasteiger partial charge in [0.25, 0.3) is 0 Å². The first kappa shape index (κ1) is 26.9. The van der Waals surface area contributed by atoms with Crippen molar-refractivity contribution in [1.82, 2.24) is 16.0 Å². The minimum Gasteiger partial charge on any atom is -0.464 e. The second kappa shape index (κ2) is 18.5. The van der Waals surface area contributed by atoms with E-state index >= 15 is 0 Å². The van der Waals surface area contributed by atoms with Crippen LogP contribution in [0, 0.1) is 0 Å². The van der Waals surface area contributed by atoms with Crippen molar-refractivity contribution in [2.75, 3.05) is 34.3 Å². The zero-order chi connectivity index (χ0) is 20.4. The van der Waals surface area contributed by atoms with Crippen LogP contribution in [-0.4, -0.2) is 63.9 Å². The summed E-state index contributed by atoms with van der Waals surface area (Å²) in [6, 6.07) is -0.408. The summed E-state index contributed by atoms with van der Waals surface area (Å²) >= 11 is 0. The van der Waals surface area contributed by atoms with Crippen LogP contribution in [0.3, 0.4) is 0 Å². The van der Waals surface area contributed by atoms with Gasteiger partial charge in [-0.05, 0) is 41.4 Å². The second-order valence-electron chi connectivity index (χ2n) is 6.31. The topological polar surface area (TPSA) is 96.5 Å². The fraction of sp³-hybridized carbons (Fsp3) is 0.842. The van der Waals surface area contributed by atoms with E-state index in [0.29, 0.717) is 13.0 Å². The number of hydrogen-bond acceptors (Lipinski definition) is 7. The van der Waals surface area contributed by atoms with E-state index in [1.165, 1.54) is 26.2 Å². The Morgan fingerprint density at radius 3 is 1.77 bits per heavy atom. The number of unbranched alkanes of at least 4 members (excludes halogenated alkanes) is 4. The monoisotopic (exact) mass is 373 g/mol. The van der Waals surface area contributed by atoms with Crippen molar-refractivity contribution >= 4 is 17.5 Å². The number of Topliss-reactive ketones (excluding diaryl/α,β-unsaturated/α-hetero) is 2. The molecule has 0 saturated heterocycles. The zero-order valence-electron chi connectivity index (χ0n) is 17.4. The van der Waals surface area contributed by atoms with Crippen molar-refractivity contribution in [3.8, 4) is 0 Å². The summed E-state index contributed by atoms with van der Waals surface area (Å²) < 4.78 is 5.04. The van der Waals surface area contributed by atoms with Gasteiger partial charge in [-0.2, -0.15) is 0 Å². The SMILES string of the molecule is CCCCCCCC(=O)OCC(NC)C(C)=O.CNCC(NC)C(C)=O. The molecule has 0 saturated carbocycles. The highest BCUT2D eigenvalue weighted by Crippen LogP contribution is 2.05. The summed E-state index contributed by atoms with van der Waals surface area (Å²) in [7, 11) is 5.29. The summed E-state index contributed by atoms with van der Waals surface area (Å²) in [6.45, 7) is 6.07. The lowest BCUT2D eigenvalue weighted by Gasteiger charge is -2.12. The van der Waals surface area contributed by atoms with Gasteiger partial charge in [0.1, 0.15) is 24.2 Å². The molecule has 2 unspecified atom stereocenters. The lowest BCUT2D eigenvalue weighted by atomic mass is 10.1. The summed E-state index contributed by atoms with van der Waals surface area (Å²) in [5, 5.41) is 8.62. The van der Waals surface area contributed by atoms with Crippen LogP contribution in [0.2, 0.25) is 0 Å². The Kier molecular flexibility index (Phi) is 19.1. The molecule has 0 aliphatic carbocycles. The predicted molar refractivity (Wildman–Crippen MR) is 105 cm³/mol. The largest absolute Gasteiger partial charge is 0.464 e. The Bertz CT molecular complexity index is 389. The van der Waals surface area contributed by atoms with Crippen LogP contribution >= 0.6 is 0 Å². The molecule has 0 rings (SSSR count). The van der Waals surface area contributed by atoms with Crippen LogP contribution in [0.5, 0.6) is 0 Å². The van der Waals surface area contributed by atoms with E-state index in [-0.39, 0.29) is 36.2 Å². The molecule has 3 N–H and O–H groups in total. The van der Waals surface area contributed by atoms with Crippen molar-refractivity contribution in [2.24, 2.45) is 0 Å². The molecule has 0 heterocycles. The third kappa shape index (κ3) is 16.2. The number of nitrogens with one attached hydrogen (secondary N) is 3. The van der Waals surface area contributed by atoms with Crippen LogP contribution < -0.4 is 16.0 Å². The van der Waals surface area contributed by atoms with Gasteiger partial charge in [0, 0.05) is 13.0 Å². The van der Waals surface area contributed by atoms with E-state index in [4.69, 9.17) is 4.74 Å². The van der Waals surface area contributed by atoms with E-state index < -0.39 is 0 Å². The third-order valence-corrected chi connectivity index (χ3v) is 3.98. The first-order valence-corrected chi connectivity index (χ1v) is 9.49. The van der Waals surface area contributed by atoms with Gasteiger partial charge >= 0.3 is 5.97 Å². The number of carbonyl (C=O) groups is 3. The molecule has 7 heteroatoms. The van der Waals surface area contributed by atoms with Crippen molar-refractivity contribution in [3.05, 3.63) is 0 Å². The van der Waals surface area contributed by atoms with Crippen molar-refractivity contribution < 1.29 is 19.1 Å². The number of hydrogen-bond donors (Lipinski definition) is 3. The van der Waals surface area contributed by atoms with Crippen molar-refractivity contribution in [1.29, 1.82) is 0 Å². The molecule has 26 heavy (non-hydrogen) atoms. The van der Waals surface area contributed by atoms with Gasteiger partial charge in [-0.15, -0.1) is 0 Å². The minimum atomic E-state index is -0.376. The normalized spacial score (nSPS) is 12.5. The minimum absolute atomic E-state index is 0.0109. The van der Waals surface area contributed by atoms with Crippen molar-refractivity contribution in [3.63, 3.8) is 0 Å². The van der Waals surface area contributed by atoms with Gasteiger partial charge < -0.3 is 20.7 Å². The fourth-order valence-electron chi connectivity index (χ4n) is 2.18. The molecule has 0 radical (unpaired) electrons. The third-order valence-electron chi connectivity index (χ3n) is 3.98. The van der Waals surface area contributed by atoms with Gasteiger partial charge in [0.15, 0.2) is 0 Å². The van der Waals surface area contributed by atoms with E-state index in [2.05, 4.69) is 22.9 Å². The molecule has 0 aliphatic heterocycles. The molecule has 0 amide bonds. The quantitative estimate of drug-likeness (QED) is 0.313. The molecular formula is C19H39N3O4. The Hall–Kier alpha value is -1.31. The van der Waals surface area contributed by atoms with E-state index in [0.717, 1.165) is 12.8 Å². The highest BCUT2D eigenvalue weighted by Gasteiger charge is 2.13. The average molecular weight is 374 g/mol. The summed E-state index contributed by atoms with van der Waals surface area (Å²) in [5.41, 5.74) is 0. The van der Waals surface area contributed by atoms with Crippen LogP contribution in [0.4, 0.5) is 0 Å². The summed E-state index contributed by atoms with van der Waals surface area (Å²) in [6.07, 6.45) is 6.01. The number of esters is 1. The van der Waals surface area contributed by atoms with Gasteiger partial charge in [-0.3, -0.25) is 14.4 Å². The lowest BCUT2D eigenvalue weighted by Crippen LogP contribution is -2.40. The molecule has 7 nitrogen and oxygen atoms in total. The Balaban J connectivity index is 0. The molecule has 0 aliphatic rings. The molecule has 0 fully saturated rings. The van der Waals surface area contributed by atoms with Crippen molar-refractivity contribution in [2.45, 2.75) is 71.4 Å². The molecule has 0 aromatic carbocycles. The number of carbonyl (C=O) groups excluding carboxylic acids is 3. The predicted octanol–water partition coefficient (Wildman–Crippen LogP) is 1.45. The Labute approximate surface area is 159 Å². The molecule has 154 valence electrons. The number of ketones is 2. The maximum Gasteiger partial charge on any atom is 0.305 e. The van der Waals surface area contributed by atoms with Crippen LogP contribution in [-0.2, 0) is 19.1 Å². The van der Waals surface area contributed by atoms with Crippen LogP contribution in [0.25, 0.3) is 0 Å². The highest BCUT2D eigenvalue weighted by molar-refractivity contribution is 5.82. The number of rotatable bonds is 14. The van der Waals surface area contributed by atoms with Gasteiger partial charge in [0.2, 0.25) is 0 Å². The highest BCUT2D eigenvalue weighted by atomic mass is 16.5. The Morgan fingerprint density at radius 2 is 1.38 bits per heavy atom. The average Bonchev–Trinajstić information content (AvgIpc) is 2.60.